The number of nitrogens with zero attached hydrogens (tertiary/aromatic N) is 4. The summed E-state index contributed by atoms with van der Waals surface area (Å²) in [5.41, 5.74) is 3.52. The number of rotatable bonds is 29. The highest BCUT2D eigenvalue weighted by Gasteiger charge is 2.53. The zero-order chi connectivity index (χ0) is 61.7. The van der Waals surface area contributed by atoms with Gasteiger partial charge in [-0.05, 0) is 85.0 Å². The minimum absolute atomic E-state index is 0.0405. The first-order valence-electron chi connectivity index (χ1n) is 28.4. The summed E-state index contributed by atoms with van der Waals surface area (Å²) in [5, 5.41) is 38.9. The van der Waals surface area contributed by atoms with E-state index in [-0.39, 0.29) is 139 Å². The Labute approximate surface area is 500 Å². The van der Waals surface area contributed by atoms with Crippen LogP contribution in [-0.4, -0.2) is 182 Å². The quantitative estimate of drug-likeness (QED) is 0.0333. The number of likely N-dealkylation sites (tertiary alicyclic amines) is 1. The van der Waals surface area contributed by atoms with Crippen LogP contribution in [0.2, 0.25) is 0 Å². The summed E-state index contributed by atoms with van der Waals surface area (Å²) in [7, 11) is 3.16. The van der Waals surface area contributed by atoms with E-state index in [4.69, 9.17) is 28.2 Å². The topological polar surface area (TPSA) is 312 Å². The van der Waals surface area contributed by atoms with Crippen molar-refractivity contribution >= 4 is 52.7 Å². The summed E-state index contributed by atoms with van der Waals surface area (Å²) in [5.74, 6) is -2.79. The number of β-amino-alcohol motifs (C(OH)–C–C–N with tert-alkyl or cyclic N) is 1. The van der Waals surface area contributed by atoms with Crippen molar-refractivity contribution in [3.05, 3.63) is 99.8 Å². The van der Waals surface area contributed by atoms with E-state index < -0.39 is 58.8 Å². The standard InChI is InChI=1S/C60H74FN9O15S/c1-35-52(86-34-65-35)38-7-8-39(30-64-55(76)46-27-40(71)31-70(46)57(78)53(59(2,3)4)67-58(79)60(61)15-16-60)48(26-38)84-33-51(74)63-18-20-81-22-24-82-23-21-80-19-17-62-50(73)32-83-41-12-9-36-11-14-44(43(36)28-41)66-54(75)45-29-49(85-68-45)37-10-13-42(47(72)25-37)56(77)69(5)6/h7-10,12-13,25-26,28-29,34,40,44,46,53,71-72H,11,14-24,27,30-33H2,1-6H3,(H,62,73)(H,63,74)(H,64,76)(H,66,75)(H,67,79)/t40-,44-,46+,53-/m1/s1. The minimum Gasteiger partial charge on any atom is -0.507 e. The predicted molar refractivity (Wildman–Crippen MR) is 311 cm³/mol. The Morgan fingerprint density at radius 2 is 1.53 bits per heavy atom. The summed E-state index contributed by atoms with van der Waals surface area (Å²) >= 11 is 1.44. The molecule has 86 heavy (non-hydrogen) atoms. The number of halogens is 1. The Hall–Kier alpha value is -8.04. The maximum Gasteiger partial charge on any atom is 0.273 e. The zero-order valence-electron chi connectivity index (χ0n) is 49.0. The number of aliphatic hydroxyl groups is 1. The van der Waals surface area contributed by atoms with Gasteiger partial charge in [0.05, 0.1) is 73.4 Å². The lowest BCUT2D eigenvalue weighted by Gasteiger charge is -2.35. The molecule has 2 aromatic heterocycles. The molecule has 3 heterocycles. The van der Waals surface area contributed by atoms with Gasteiger partial charge in [0.1, 0.15) is 29.3 Å². The highest BCUT2D eigenvalue weighted by Crippen LogP contribution is 2.41. The van der Waals surface area contributed by atoms with E-state index in [9.17, 15) is 48.2 Å². The summed E-state index contributed by atoms with van der Waals surface area (Å²) in [6.45, 7) is 8.27. The van der Waals surface area contributed by atoms with Gasteiger partial charge in [-0.25, -0.2) is 9.37 Å². The van der Waals surface area contributed by atoms with Crippen LogP contribution in [0.4, 0.5) is 4.39 Å². The molecule has 1 saturated carbocycles. The van der Waals surface area contributed by atoms with E-state index in [2.05, 4.69) is 36.7 Å². The summed E-state index contributed by atoms with van der Waals surface area (Å²) in [4.78, 5) is 99.2. The number of aromatic hydroxyl groups is 1. The van der Waals surface area contributed by atoms with Crippen molar-refractivity contribution in [2.75, 3.05) is 86.6 Å². The number of carbonyl (C=O) groups is 7. The van der Waals surface area contributed by atoms with Gasteiger partial charge in [0.2, 0.25) is 11.8 Å². The molecule has 0 spiro atoms. The number of aliphatic hydroxyl groups excluding tert-OH is 1. The molecule has 0 unspecified atom stereocenters. The van der Waals surface area contributed by atoms with Crippen LogP contribution in [-0.2, 0) is 51.1 Å². The molecule has 4 atom stereocenters. The lowest BCUT2D eigenvalue weighted by Crippen LogP contribution is -2.59. The van der Waals surface area contributed by atoms with Gasteiger partial charge in [-0.2, -0.15) is 0 Å². The molecular formula is C60H74FN9O15S. The number of benzene rings is 3. The largest absolute Gasteiger partial charge is 0.507 e. The van der Waals surface area contributed by atoms with Crippen molar-refractivity contribution in [1.29, 1.82) is 0 Å². The van der Waals surface area contributed by atoms with Crippen molar-refractivity contribution in [3.63, 3.8) is 0 Å². The molecule has 2 aliphatic carbocycles. The lowest BCUT2D eigenvalue weighted by molar-refractivity contribution is -0.145. The minimum atomic E-state index is -2.01. The molecule has 0 bridgehead atoms. The second-order valence-corrected chi connectivity index (χ2v) is 23.3. The number of alkyl halides is 1. The fraction of sp³-hybridized carbons (Fsp3) is 0.483. The number of thiazole rings is 1. The third kappa shape index (κ3) is 16.9. The third-order valence-electron chi connectivity index (χ3n) is 14.6. The zero-order valence-corrected chi connectivity index (χ0v) is 49.8. The predicted octanol–water partition coefficient (Wildman–Crippen LogP) is 3.95. The van der Waals surface area contributed by atoms with Crippen molar-refractivity contribution in [3.8, 4) is 39.0 Å². The van der Waals surface area contributed by atoms with Crippen LogP contribution < -0.4 is 36.1 Å². The Morgan fingerprint density at radius 3 is 2.17 bits per heavy atom. The maximum absolute atomic E-state index is 14.7. The number of carbonyl (C=O) groups excluding carboxylic acids is 7. The Morgan fingerprint density at radius 1 is 0.860 bits per heavy atom. The van der Waals surface area contributed by atoms with Crippen LogP contribution in [0.3, 0.4) is 0 Å². The molecule has 2 fully saturated rings. The second kappa shape index (κ2) is 28.9. The van der Waals surface area contributed by atoms with Gasteiger partial charge in [-0.3, -0.25) is 33.6 Å². The van der Waals surface area contributed by atoms with E-state index in [1.54, 1.807) is 70.7 Å². The Balaban J connectivity index is 0.680. The molecule has 1 aliphatic heterocycles. The summed E-state index contributed by atoms with van der Waals surface area (Å²) < 4.78 is 48.6. The SMILES string of the molecule is Cc1ncsc1-c1ccc(CNC(=O)[C@@H]2C[C@@H](O)CN2C(=O)[C@@H](NC(=O)C2(F)CC2)C(C)(C)C)c(OCC(=O)NCCOCCOCCOCCNC(=O)COc2ccc3c(c2)[C@H](NC(=O)c2cc(-c4ccc(C(=O)N(C)C)c(O)c4)on2)CC3)c1. The van der Waals surface area contributed by atoms with Crippen LogP contribution in [0, 0.1) is 12.3 Å². The van der Waals surface area contributed by atoms with E-state index in [1.165, 1.54) is 39.3 Å². The molecule has 7 N–H and O–H groups in total. The highest BCUT2D eigenvalue weighted by molar-refractivity contribution is 7.13. The number of fused-ring (bicyclic) bond motifs is 1. The van der Waals surface area contributed by atoms with Crippen LogP contribution in [0.15, 0.2) is 70.7 Å². The maximum atomic E-state index is 14.7. The molecule has 3 aliphatic rings. The van der Waals surface area contributed by atoms with Crippen LogP contribution in [0.1, 0.15) is 95.7 Å². The fourth-order valence-electron chi connectivity index (χ4n) is 9.71. The van der Waals surface area contributed by atoms with Gasteiger partial charge in [0.25, 0.3) is 29.5 Å². The van der Waals surface area contributed by atoms with Gasteiger partial charge < -0.3 is 74.8 Å². The number of aromatic nitrogens is 2. The number of ether oxygens (including phenoxy) is 5. The Kier molecular flexibility index (Phi) is 21.5. The highest BCUT2D eigenvalue weighted by atomic mass is 32.1. The summed E-state index contributed by atoms with van der Waals surface area (Å²) in [6.07, 6.45) is 0.484. The van der Waals surface area contributed by atoms with Gasteiger partial charge in [0, 0.05) is 63.9 Å². The van der Waals surface area contributed by atoms with Crippen LogP contribution in [0.5, 0.6) is 17.2 Å². The Bertz CT molecular complexity index is 3250. The third-order valence-corrected chi connectivity index (χ3v) is 15.6. The van der Waals surface area contributed by atoms with Crippen molar-refractivity contribution < 1.29 is 76.4 Å². The molecule has 24 nitrogen and oxygen atoms in total. The molecule has 0 radical (unpaired) electrons. The number of phenols is 1. The van der Waals surface area contributed by atoms with Crippen LogP contribution >= 0.6 is 11.3 Å². The lowest BCUT2D eigenvalue weighted by atomic mass is 9.85. The smallest absolute Gasteiger partial charge is 0.273 e. The van der Waals surface area contributed by atoms with Crippen LogP contribution in [0.25, 0.3) is 21.8 Å². The van der Waals surface area contributed by atoms with E-state index in [0.29, 0.717) is 29.0 Å². The monoisotopic (exact) mass is 1210 g/mol. The number of hydrogen-bond donors (Lipinski definition) is 7. The first kappa shape index (κ1) is 64.0. The van der Waals surface area contributed by atoms with Gasteiger partial charge >= 0.3 is 0 Å². The fourth-order valence-corrected chi connectivity index (χ4v) is 10.5. The number of phenolic OH excluding ortho intramolecular Hbond substituents is 1. The first-order chi connectivity index (χ1) is 41.1. The number of hydrogen-bond acceptors (Lipinski definition) is 18. The number of aryl methyl sites for hydroxylation is 2. The molecule has 8 rings (SSSR count). The molecule has 7 amide bonds. The van der Waals surface area contributed by atoms with E-state index in [1.807, 2.05) is 19.1 Å². The molecule has 1 saturated heterocycles. The molecule has 462 valence electrons. The normalized spacial score (nSPS) is 17.0. The number of amides is 7. The number of nitrogens with one attached hydrogen (secondary N) is 5. The van der Waals surface area contributed by atoms with E-state index in [0.717, 1.165) is 33.7 Å². The molecule has 3 aromatic carbocycles. The van der Waals surface area contributed by atoms with E-state index >= 15 is 0 Å². The average molecular weight is 1210 g/mol. The van der Waals surface area contributed by atoms with Gasteiger partial charge in [-0.1, -0.05) is 50.2 Å². The molecular weight excluding hydrogens is 1140 g/mol. The van der Waals surface area contributed by atoms with Gasteiger partial charge in [-0.15, -0.1) is 11.3 Å². The van der Waals surface area contributed by atoms with Gasteiger partial charge in [0.15, 0.2) is 30.3 Å². The molecule has 26 heteroatoms. The van der Waals surface area contributed by atoms with Crippen molar-refractivity contribution in [2.45, 2.75) is 96.2 Å². The second-order valence-electron chi connectivity index (χ2n) is 22.5. The van der Waals surface area contributed by atoms with Crippen molar-refractivity contribution in [2.24, 2.45) is 5.41 Å². The molecule has 5 aromatic rings. The van der Waals surface area contributed by atoms with Crippen molar-refractivity contribution in [1.82, 2.24) is 46.5 Å². The first-order valence-corrected chi connectivity index (χ1v) is 29.2. The average Bonchev–Trinajstić information content (AvgIpc) is 1.99. The summed E-state index contributed by atoms with van der Waals surface area (Å²) in [6, 6.07) is 14.2.